The van der Waals surface area contributed by atoms with Gasteiger partial charge in [0.15, 0.2) is 0 Å². The molecular formula is C22H20Cl2N3O3S-. The summed E-state index contributed by atoms with van der Waals surface area (Å²) in [4.78, 5) is 16.4. The van der Waals surface area contributed by atoms with Crippen LogP contribution in [0.2, 0.25) is 10.0 Å². The molecule has 0 aliphatic carbocycles. The lowest BCUT2D eigenvalue weighted by atomic mass is 10.1. The summed E-state index contributed by atoms with van der Waals surface area (Å²) in [7, 11) is 0. The van der Waals surface area contributed by atoms with Crippen molar-refractivity contribution in [3.8, 4) is 0 Å². The normalized spacial score (nSPS) is 11.7. The Balaban J connectivity index is 1.60. The van der Waals surface area contributed by atoms with Gasteiger partial charge in [0.25, 0.3) is 5.91 Å². The zero-order valence-electron chi connectivity index (χ0n) is 16.5. The van der Waals surface area contributed by atoms with Crippen LogP contribution in [0.5, 0.6) is 0 Å². The molecule has 31 heavy (non-hydrogen) atoms. The lowest BCUT2D eigenvalue weighted by Crippen LogP contribution is -2.28. The fraction of sp³-hybridized carbons (Fsp3) is 0.182. The smallest absolute Gasteiger partial charge is 0.251 e. The lowest BCUT2D eigenvalue weighted by Gasteiger charge is -2.26. The highest BCUT2D eigenvalue weighted by atomic mass is 35.5. The summed E-state index contributed by atoms with van der Waals surface area (Å²) in [5.74, 6) is -0.226. The first-order valence-corrected chi connectivity index (χ1v) is 11.3. The summed E-state index contributed by atoms with van der Waals surface area (Å²) in [6, 6.07) is 15.4. The molecule has 0 radical (unpaired) electrons. The number of aromatic nitrogens is 1. The summed E-state index contributed by atoms with van der Waals surface area (Å²) < 4.78 is 24.7. The van der Waals surface area contributed by atoms with Crippen LogP contribution in [0.25, 0.3) is 0 Å². The first-order chi connectivity index (χ1) is 15.0. The fourth-order valence-corrected chi connectivity index (χ4v) is 3.95. The largest absolute Gasteiger partial charge is 0.755 e. The molecule has 0 spiro atoms. The van der Waals surface area contributed by atoms with E-state index in [0.29, 0.717) is 40.7 Å². The number of hydrogen-bond donors (Lipinski definition) is 1. The Bertz CT molecular complexity index is 1050. The molecule has 162 valence electrons. The third kappa shape index (κ3) is 6.51. The van der Waals surface area contributed by atoms with Gasteiger partial charge in [0.05, 0.1) is 10.0 Å². The van der Waals surface area contributed by atoms with Crippen molar-refractivity contribution in [1.82, 2.24) is 10.3 Å². The third-order valence-electron chi connectivity index (χ3n) is 4.64. The average molecular weight is 477 g/mol. The maximum Gasteiger partial charge on any atom is 0.251 e. The predicted octanol–water partition coefficient (Wildman–Crippen LogP) is 4.20. The molecule has 9 heteroatoms. The van der Waals surface area contributed by atoms with Crippen molar-refractivity contribution in [2.45, 2.75) is 12.8 Å². The van der Waals surface area contributed by atoms with Crippen LogP contribution in [0.15, 0.2) is 67.0 Å². The highest BCUT2D eigenvalue weighted by molar-refractivity contribution is 7.80. The molecule has 0 aliphatic heterocycles. The molecule has 1 unspecified atom stereocenters. The van der Waals surface area contributed by atoms with Crippen LogP contribution in [0.3, 0.4) is 0 Å². The number of halogens is 2. The van der Waals surface area contributed by atoms with Gasteiger partial charge >= 0.3 is 0 Å². The van der Waals surface area contributed by atoms with E-state index in [4.69, 9.17) is 23.2 Å². The van der Waals surface area contributed by atoms with Gasteiger partial charge < -0.3 is 14.2 Å². The molecule has 1 heterocycles. The quantitative estimate of drug-likeness (QED) is 0.468. The summed E-state index contributed by atoms with van der Waals surface area (Å²) in [5, 5.41) is 3.69. The van der Waals surface area contributed by atoms with Crippen molar-refractivity contribution in [3.63, 3.8) is 0 Å². The van der Waals surface area contributed by atoms with Crippen molar-refractivity contribution in [2.75, 3.05) is 17.4 Å². The first kappa shape index (κ1) is 23.2. The Kier molecular flexibility index (Phi) is 8.43. The third-order valence-corrected chi connectivity index (χ3v) is 6.25. The lowest BCUT2D eigenvalue weighted by molar-refractivity contribution is 0.0954. The van der Waals surface area contributed by atoms with Crippen molar-refractivity contribution in [2.24, 2.45) is 0 Å². The van der Waals surface area contributed by atoms with Gasteiger partial charge in [0.1, 0.15) is 0 Å². The average Bonchev–Trinajstić information content (AvgIpc) is 2.77. The number of nitrogens with zero attached hydrogens (tertiary/aromatic N) is 2. The Morgan fingerprint density at radius 1 is 1.06 bits per heavy atom. The van der Waals surface area contributed by atoms with Gasteiger partial charge in [0, 0.05) is 48.0 Å². The Hall–Kier alpha value is -2.45. The number of nitrogens with one attached hydrogen (secondary N) is 1. The van der Waals surface area contributed by atoms with Gasteiger partial charge in [-0.15, -0.1) is 0 Å². The van der Waals surface area contributed by atoms with E-state index in [0.717, 1.165) is 11.1 Å². The zero-order valence-corrected chi connectivity index (χ0v) is 18.8. The second-order valence-corrected chi connectivity index (χ2v) is 8.36. The molecule has 1 atom stereocenters. The number of carbonyl (C=O) groups is 1. The van der Waals surface area contributed by atoms with E-state index in [1.165, 1.54) is 4.31 Å². The fourth-order valence-electron chi connectivity index (χ4n) is 3.00. The zero-order chi connectivity index (χ0) is 22.2. The molecular weight excluding hydrogens is 457 g/mol. The number of pyridine rings is 1. The topological polar surface area (TPSA) is 85.4 Å². The SMILES string of the molecule is O=C(NCCc1cccnc1)c1ccc(N(CCc2cccc(Cl)c2Cl)S(=O)[O-])cc1. The van der Waals surface area contributed by atoms with E-state index < -0.39 is 11.3 Å². The second-order valence-electron chi connectivity index (χ2n) is 6.70. The molecule has 6 nitrogen and oxygen atoms in total. The number of carbonyl (C=O) groups excluding carboxylic acids is 1. The summed E-state index contributed by atoms with van der Waals surface area (Å²) >= 11 is 9.72. The van der Waals surface area contributed by atoms with Crippen molar-refractivity contribution >= 4 is 46.1 Å². The van der Waals surface area contributed by atoms with Crippen LogP contribution in [0.4, 0.5) is 5.69 Å². The molecule has 0 aliphatic rings. The van der Waals surface area contributed by atoms with E-state index in [9.17, 15) is 13.6 Å². The van der Waals surface area contributed by atoms with Crippen molar-refractivity contribution in [1.29, 1.82) is 0 Å². The number of rotatable bonds is 9. The molecule has 3 rings (SSSR count). The monoisotopic (exact) mass is 476 g/mol. The van der Waals surface area contributed by atoms with Gasteiger partial charge in [-0.25, -0.2) is 0 Å². The highest BCUT2D eigenvalue weighted by Gasteiger charge is 2.12. The van der Waals surface area contributed by atoms with Crippen molar-refractivity contribution in [3.05, 3.63) is 93.7 Å². The van der Waals surface area contributed by atoms with E-state index >= 15 is 0 Å². The highest BCUT2D eigenvalue weighted by Crippen LogP contribution is 2.26. The number of benzene rings is 2. The minimum Gasteiger partial charge on any atom is -0.755 e. The molecule has 0 bridgehead atoms. The van der Waals surface area contributed by atoms with E-state index in [1.807, 2.05) is 12.1 Å². The maximum atomic E-state index is 12.3. The minimum absolute atomic E-state index is 0.187. The van der Waals surface area contributed by atoms with Crippen LogP contribution in [-0.2, 0) is 24.1 Å². The van der Waals surface area contributed by atoms with E-state index in [-0.39, 0.29) is 12.5 Å². The molecule has 3 aromatic rings. The second kappa shape index (κ2) is 11.2. The van der Waals surface area contributed by atoms with E-state index in [1.54, 1.807) is 54.9 Å². The molecule has 0 fully saturated rings. The van der Waals surface area contributed by atoms with E-state index in [2.05, 4.69) is 10.3 Å². The standard InChI is InChI=1S/C22H21Cl2N3O3S/c23-20-5-1-4-17(21(20)24)11-14-27(31(29)30)19-8-6-18(7-9-19)22(28)26-13-10-16-3-2-12-25-15-16/h1-9,12,15H,10-11,13-14H2,(H,26,28)(H,29,30)/p-1. The molecule has 1 aromatic heterocycles. The Morgan fingerprint density at radius 2 is 1.84 bits per heavy atom. The van der Waals surface area contributed by atoms with Gasteiger partial charge in [-0.05, 0) is 60.4 Å². The van der Waals surface area contributed by atoms with Crippen LogP contribution in [0.1, 0.15) is 21.5 Å². The Morgan fingerprint density at radius 3 is 2.52 bits per heavy atom. The first-order valence-electron chi connectivity index (χ1n) is 9.52. The maximum absolute atomic E-state index is 12.3. The van der Waals surface area contributed by atoms with Gasteiger partial charge in [-0.3, -0.25) is 14.0 Å². The number of amides is 1. The molecule has 1 N–H and O–H groups in total. The summed E-state index contributed by atoms with van der Waals surface area (Å²) in [6.45, 7) is 0.663. The van der Waals surface area contributed by atoms with Crippen LogP contribution >= 0.6 is 23.2 Å². The predicted molar refractivity (Wildman–Crippen MR) is 123 cm³/mol. The minimum atomic E-state index is -2.48. The molecule has 1 amide bonds. The van der Waals surface area contributed by atoms with Crippen molar-refractivity contribution < 1.29 is 13.6 Å². The molecule has 2 aromatic carbocycles. The van der Waals surface area contributed by atoms with Crippen LogP contribution < -0.4 is 9.62 Å². The summed E-state index contributed by atoms with van der Waals surface area (Å²) in [5.41, 5.74) is 2.70. The number of hydrogen-bond acceptors (Lipinski definition) is 4. The van der Waals surface area contributed by atoms with Crippen LogP contribution in [-0.4, -0.2) is 32.7 Å². The van der Waals surface area contributed by atoms with Gasteiger partial charge in [-0.2, -0.15) is 0 Å². The summed E-state index contributed by atoms with van der Waals surface area (Å²) in [6.07, 6.45) is 4.53. The van der Waals surface area contributed by atoms with Crippen LogP contribution in [0, 0.1) is 0 Å². The molecule has 0 saturated carbocycles. The molecule has 0 saturated heterocycles. The Labute approximate surface area is 193 Å². The van der Waals surface area contributed by atoms with Gasteiger partial charge in [-0.1, -0.05) is 41.4 Å². The number of anilines is 1. The van der Waals surface area contributed by atoms with Gasteiger partial charge in [0.2, 0.25) is 0 Å².